The van der Waals surface area contributed by atoms with E-state index >= 15 is 0 Å². The molecule has 0 spiro atoms. The third-order valence-corrected chi connectivity index (χ3v) is 3.10. The number of ether oxygens (including phenoxy) is 2. The van der Waals surface area contributed by atoms with E-state index in [1.165, 1.54) is 12.7 Å². The van der Waals surface area contributed by atoms with Crippen molar-refractivity contribution >= 4 is 5.97 Å². The molecule has 0 radical (unpaired) electrons. The lowest BCUT2D eigenvalue weighted by Crippen LogP contribution is -2.34. The molecule has 4 nitrogen and oxygen atoms in total. The van der Waals surface area contributed by atoms with E-state index in [4.69, 9.17) is 9.47 Å². The van der Waals surface area contributed by atoms with Crippen molar-refractivity contribution in [3.8, 4) is 5.75 Å². The minimum Gasteiger partial charge on any atom is -0.491 e. The maximum Gasteiger partial charge on any atom is 0.307 e. The van der Waals surface area contributed by atoms with Crippen molar-refractivity contribution in [2.24, 2.45) is 0 Å². The molecule has 1 N–H and O–H groups in total. The van der Waals surface area contributed by atoms with Crippen LogP contribution in [0.15, 0.2) is 24.3 Å². The molecule has 1 unspecified atom stereocenters. The Labute approximate surface area is 127 Å². The molecule has 1 aromatic rings. The average molecular weight is 293 g/mol. The molecule has 21 heavy (non-hydrogen) atoms. The summed E-state index contributed by atoms with van der Waals surface area (Å²) in [6, 6.07) is 8.16. The maximum absolute atomic E-state index is 11.5. The molecule has 0 aliphatic carbocycles. The first-order chi connectivity index (χ1) is 10.0. The Morgan fingerprint density at radius 2 is 1.90 bits per heavy atom. The van der Waals surface area contributed by atoms with Gasteiger partial charge < -0.3 is 14.8 Å². The van der Waals surface area contributed by atoms with E-state index in [9.17, 15) is 4.79 Å². The smallest absolute Gasteiger partial charge is 0.307 e. The van der Waals surface area contributed by atoms with Crippen LogP contribution in [0.1, 0.15) is 39.2 Å². The predicted molar refractivity (Wildman–Crippen MR) is 84.6 cm³/mol. The highest BCUT2D eigenvalue weighted by atomic mass is 16.5. The van der Waals surface area contributed by atoms with Crippen molar-refractivity contribution in [3.63, 3.8) is 0 Å². The maximum atomic E-state index is 11.5. The van der Waals surface area contributed by atoms with E-state index in [1.54, 1.807) is 0 Å². The van der Waals surface area contributed by atoms with Gasteiger partial charge in [0.2, 0.25) is 0 Å². The Hall–Kier alpha value is -1.55. The van der Waals surface area contributed by atoms with Crippen molar-refractivity contribution in [3.05, 3.63) is 29.8 Å². The minimum absolute atomic E-state index is 0.106. The van der Waals surface area contributed by atoms with Gasteiger partial charge in [0.05, 0.1) is 19.6 Å². The quantitative estimate of drug-likeness (QED) is 0.711. The number of benzene rings is 1. The molecule has 118 valence electrons. The Morgan fingerprint density at radius 1 is 1.24 bits per heavy atom. The molecule has 0 heterocycles. The zero-order chi connectivity index (χ0) is 15.7. The van der Waals surface area contributed by atoms with E-state index in [-0.39, 0.29) is 18.1 Å². The number of hydrogen-bond donors (Lipinski definition) is 1. The number of carbonyl (C=O) groups is 1. The van der Waals surface area contributed by atoms with Crippen LogP contribution in [0.5, 0.6) is 5.75 Å². The number of rotatable bonds is 9. The first kappa shape index (κ1) is 17.5. The van der Waals surface area contributed by atoms with Crippen LogP contribution in [0.3, 0.4) is 0 Å². The van der Waals surface area contributed by atoms with E-state index in [0.29, 0.717) is 6.42 Å². The predicted octanol–water partition coefficient (Wildman–Crippen LogP) is 2.95. The number of esters is 1. The molecule has 4 heteroatoms. The lowest BCUT2D eigenvalue weighted by Gasteiger charge is -2.18. The van der Waals surface area contributed by atoms with Gasteiger partial charge in [-0.2, -0.15) is 0 Å². The van der Waals surface area contributed by atoms with Crippen molar-refractivity contribution in [2.45, 2.75) is 52.2 Å². The normalized spacial score (nSPS) is 12.2. The molecule has 1 aromatic carbocycles. The molecule has 0 aromatic heterocycles. The van der Waals surface area contributed by atoms with E-state index < -0.39 is 0 Å². The monoisotopic (exact) mass is 293 g/mol. The van der Waals surface area contributed by atoms with Gasteiger partial charge in [-0.1, -0.05) is 19.1 Å². The molecule has 0 bridgehead atoms. The van der Waals surface area contributed by atoms with Gasteiger partial charge in [-0.25, -0.2) is 0 Å². The highest BCUT2D eigenvalue weighted by molar-refractivity contribution is 5.70. The van der Waals surface area contributed by atoms with Crippen LogP contribution < -0.4 is 10.1 Å². The van der Waals surface area contributed by atoms with Gasteiger partial charge >= 0.3 is 5.97 Å². The first-order valence-corrected chi connectivity index (χ1v) is 7.61. The summed E-state index contributed by atoms with van der Waals surface area (Å²) < 4.78 is 10.4. The largest absolute Gasteiger partial charge is 0.491 e. The molecule has 1 rings (SSSR count). The highest BCUT2D eigenvalue weighted by Gasteiger charge is 2.14. The van der Waals surface area contributed by atoms with Crippen LogP contribution in [-0.2, 0) is 16.0 Å². The highest BCUT2D eigenvalue weighted by Crippen LogP contribution is 2.15. The number of carbonyl (C=O) groups excluding carboxylic acids is 1. The Balaban J connectivity index is 2.62. The lowest BCUT2D eigenvalue weighted by molar-refractivity contribution is -0.141. The fourth-order valence-electron chi connectivity index (χ4n) is 2.11. The number of nitrogens with one attached hydrogen (secondary N) is 1. The van der Waals surface area contributed by atoms with Gasteiger partial charge in [-0.3, -0.25) is 4.79 Å². The zero-order valence-corrected chi connectivity index (χ0v) is 13.5. The topological polar surface area (TPSA) is 47.6 Å². The third-order valence-electron chi connectivity index (χ3n) is 3.10. The summed E-state index contributed by atoms with van der Waals surface area (Å²) in [7, 11) is 1.43. The summed E-state index contributed by atoms with van der Waals surface area (Å²) in [5.74, 6) is 0.697. The molecule has 0 aliphatic heterocycles. The molecule has 0 aliphatic rings. The standard InChI is InChI=1S/C17H27NO3/c1-5-10-18-15(12-17(19)20-4)11-14-6-8-16(9-7-14)21-13(2)3/h6-9,13,15,18H,5,10-12H2,1-4H3. The van der Waals surface area contributed by atoms with Gasteiger partial charge in [0, 0.05) is 6.04 Å². The van der Waals surface area contributed by atoms with Gasteiger partial charge in [-0.05, 0) is 50.9 Å². The first-order valence-electron chi connectivity index (χ1n) is 7.61. The third kappa shape index (κ3) is 7.14. The second kappa shape index (κ2) is 9.40. The van der Waals surface area contributed by atoms with Crippen LogP contribution in [-0.4, -0.2) is 31.8 Å². The summed E-state index contributed by atoms with van der Waals surface area (Å²) in [5, 5.41) is 3.40. The number of methoxy groups -OCH3 is 1. The van der Waals surface area contributed by atoms with Crippen LogP contribution in [0.2, 0.25) is 0 Å². The second-order valence-corrected chi connectivity index (χ2v) is 5.45. The molecule has 0 fully saturated rings. The van der Waals surface area contributed by atoms with Gasteiger partial charge in [0.1, 0.15) is 5.75 Å². The van der Waals surface area contributed by atoms with E-state index in [0.717, 1.165) is 25.1 Å². The van der Waals surface area contributed by atoms with Crippen molar-refractivity contribution in [1.82, 2.24) is 5.32 Å². The average Bonchev–Trinajstić information content (AvgIpc) is 2.46. The molecular formula is C17H27NO3. The SMILES string of the molecule is CCCNC(CC(=O)OC)Cc1ccc(OC(C)C)cc1. The lowest BCUT2D eigenvalue weighted by atomic mass is 10.0. The van der Waals surface area contributed by atoms with Gasteiger partial charge in [-0.15, -0.1) is 0 Å². The molecule has 0 saturated carbocycles. The molecule has 0 saturated heterocycles. The molecule has 1 atom stereocenters. The Kier molecular flexibility index (Phi) is 7.83. The van der Waals surface area contributed by atoms with Crippen LogP contribution in [0.4, 0.5) is 0 Å². The summed E-state index contributed by atoms with van der Waals surface area (Å²) in [4.78, 5) is 11.5. The fourth-order valence-corrected chi connectivity index (χ4v) is 2.11. The summed E-state index contributed by atoms with van der Waals surface area (Å²) in [5.41, 5.74) is 1.18. The summed E-state index contributed by atoms with van der Waals surface area (Å²) in [6.07, 6.45) is 2.41. The van der Waals surface area contributed by atoms with Gasteiger partial charge in [0.15, 0.2) is 0 Å². The van der Waals surface area contributed by atoms with E-state index in [2.05, 4.69) is 24.4 Å². The molecular weight excluding hydrogens is 266 g/mol. The summed E-state index contributed by atoms with van der Waals surface area (Å²) in [6.45, 7) is 7.03. The zero-order valence-electron chi connectivity index (χ0n) is 13.5. The van der Waals surface area contributed by atoms with Crippen molar-refractivity contribution in [1.29, 1.82) is 0 Å². The van der Waals surface area contributed by atoms with Crippen LogP contribution in [0, 0.1) is 0 Å². The Morgan fingerprint density at radius 3 is 2.43 bits per heavy atom. The van der Waals surface area contributed by atoms with E-state index in [1.807, 2.05) is 26.0 Å². The van der Waals surface area contributed by atoms with Crippen LogP contribution >= 0.6 is 0 Å². The van der Waals surface area contributed by atoms with Crippen molar-refractivity contribution in [2.75, 3.05) is 13.7 Å². The second-order valence-electron chi connectivity index (χ2n) is 5.45. The van der Waals surface area contributed by atoms with Gasteiger partial charge in [0.25, 0.3) is 0 Å². The fraction of sp³-hybridized carbons (Fsp3) is 0.588. The molecule has 0 amide bonds. The Bertz CT molecular complexity index is 415. The summed E-state index contributed by atoms with van der Waals surface area (Å²) >= 11 is 0. The van der Waals surface area contributed by atoms with Crippen molar-refractivity contribution < 1.29 is 14.3 Å². The minimum atomic E-state index is -0.177. The van der Waals surface area contributed by atoms with Crippen LogP contribution in [0.25, 0.3) is 0 Å². The number of hydrogen-bond acceptors (Lipinski definition) is 4.